The number of methoxy groups -OCH3 is 1. The van der Waals surface area contributed by atoms with Crippen molar-refractivity contribution in [2.45, 2.75) is 31.7 Å². The molecule has 0 saturated heterocycles. The molecule has 2 N–H and O–H groups in total. The van der Waals surface area contributed by atoms with E-state index in [0.29, 0.717) is 17.6 Å². The second-order valence-corrected chi connectivity index (χ2v) is 6.97. The molecule has 3 unspecified atom stereocenters. The first-order valence-electron chi connectivity index (χ1n) is 9.28. The third-order valence-electron chi connectivity index (χ3n) is 5.39. The normalized spacial score (nSPS) is 23.1. The van der Waals surface area contributed by atoms with Gasteiger partial charge in [-0.2, -0.15) is 0 Å². The zero-order chi connectivity index (χ0) is 18.1. The van der Waals surface area contributed by atoms with Crippen LogP contribution in [0, 0.1) is 5.92 Å². The molecule has 1 aliphatic heterocycles. The van der Waals surface area contributed by atoms with Gasteiger partial charge in [-0.1, -0.05) is 31.2 Å². The van der Waals surface area contributed by atoms with Crippen molar-refractivity contribution in [3.8, 4) is 17.2 Å². The van der Waals surface area contributed by atoms with Gasteiger partial charge >= 0.3 is 0 Å². The lowest BCUT2D eigenvalue weighted by atomic mass is 9.76. The molecule has 0 spiro atoms. The first-order chi connectivity index (χ1) is 12.7. The molecule has 0 fully saturated rings. The lowest BCUT2D eigenvalue weighted by Crippen LogP contribution is -2.29. The fraction of sp³-hybridized carbons (Fsp3) is 0.364. The van der Waals surface area contributed by atoms with Crippen molar-refractivity contribution in [1.29, 1.82) is 0 Å². The van der Waals surface area contributed by atoms with Crippen molar-refractivity contribution in [2.75, 3.05) is 19.0 Å². The summed E-state index contributed by atoms with van der Waals surface area (Å²) in [6.07, 6.45) is 6.52. The minimum Gasteiger partial charge on any atom is -0.504 e. The quantitative estimate of drug-likeness (QED) is 0.743. The summed E-state index contributed by atoms with van der Waals surface area (Å²) in [6.45, 7) is 2.84. The molecule has 0 aromatic heterocycles. The van der Waals surface area contributed by atoms with E-state index in [1.165, 1.54) is 5.56 Å². The molecular weight excluding hydrogens is 326 g/mol. The second-order valence-electron chi connectivity index (χ2n) is 6.97. The molecule has 0 amide bonds. The fourth-order valence-corrected chi connectivity index (χ4v) is 4.15. The first-order valence-corrected chi connectivity index (χ1v) is 9.28. The van der Waals surface area contributed by atoms with Crippen LogP contribution in [0.4, 0.5) is 5.69 Å². The molecule has 2 aromatic carbocycles. The van der Waals surface area contributed by atoms with Gasteiger partial charge in [0, 0.05) is 17.2 Å². The summed E-state index contributed by atoms with van der Waals surface area (Å²) in [4.78, 5) is 0. The van der Waals surface area contributed by atoms with Crippen LogP contribution >= 0.6 is 0 Å². The Labute approximate surface area is 154 Å². The van der Waals surface area contributed by atoms with E-state index in [1.54, 1.807) is 13.2 Å². The molecule has 4 heteroatoms. The van der Waals surface area contributed by atoms with Crippen LogP contribution < -0.4 is 14.8 Å². The number of phenols is 1. The Morgan fingerprint density at radius 2 is 2.08 bits per heavy atom. The van der Waals surface area contributed by atoms with Gasteiger partial charge in [-0.25, -0.2) is 0 Å². The predicted molar refractivity (Wildman–Crippen MR) is 103 cm³/mol. The maximum absolute atomic E-state index is 10.6. The molecule has 0 bridgehead atoms. The van der Waals surface area contributed by atoms with Crippen molar-refractivity contribution in [3.63, 3.8) is 0 Å². The molecule has 2 aliphatic rings. The highest BCUT2D eigenvalue weighted by atomic mass is 16.5. The van der Waals surface area contributed by atoms with Crippen LogP contribution in [0.3, 0.4) is 0 Å². The van der Waals surface area contributed by atoms with E-state index in [4.69, 9.17) is 9.47 Å². The fourth-order valence-electron chi connectivity index (χ4n) is 4.15. The zero-order valence-corrected chi connectivity index (χ0v) is 15.2. The zero-order valence-electron chi connectivity index (χ0n) is 15.2. The van der Waals surface area contributed by atoms with Gasteiger partial charge in [-0.05, 0) is 48.6 Å². The Morgan fingerprint density at radius 3 is 2.88 bits per heavy atom. The Morgan fingerprint density at radius 1 is 1.19 bits per heavy atom. The van der Waals surface area contributed by atoms with Crippen LogP contribution in [-0.2, 0) is 0 Å². The number of para-hydroxylation sites is 1. The first kappa shape index (κ1) is 16.8. The van der Waals surface area contributed by atoms with Gasteiger partial charge in [0.25, 0.3) is 0 Å². The molecular formula is C22H25NO3. The molecule has 2 aromatic rings. The van der Waals surface area contributed by atoms with Gasteiger partial charge < -0.3 is 19.9 Å². The number of allylic oxidation sites excluding steroid dienone is 2. The minimum atomic E-state index is 0.0417. The SMILES string of the molecule is CCCOc1ccc2c(c1)C1C=CCC1C(c1cccc(OC)c1O)N2. The third-order valence-corrected chi connectivity index (χ3v) is 5.39. The number of nitrogens with one attached hydrogen (secondary N) is 1. The van der Waals surface area contributed by atoms with Gasteiger partial charge in [0.15, 0.2) is 11.5 Å². The van der Waals surface area contributed by atoms with Gasteiger partial charge in [0.05, 0.1) is 19.8 Å². The molecule has 1 aliphatic carbocycles. The van der Waals surface area contributed by atoms with E-state index in [-0.39, 0.29) is 11.8 Å². The van der Waals surface area contributed by atoms with E-state index < -0.39 is 0 Å². The number of ether oxygens (including phenoxy) is 2. The summed E-state index contributed by atoms with van der Waals surface area (Å²) in [5, 5.41) is 14.3. The highest BCUT2D eigenvalue weighted by Gasteiger charge is 2.39. The summed E-state index contributed by atoms with van der Waals surface area (Å²) >= 11 is 0. The molecule has 1 heterocycles. The Bertz CT molecular complexity index is 830. The van der Waals surface area contributed by atoms with Crippen molar-refractivity contribution >= 4 is 5.69 Å². The topological polar surface area (TPSA) is 50.7 Å². The van der Waals surface area contributed by atoms with Crippen LogP contribution in [0.15, 0.2) is 48.6 Å². The van der Waals surface area contributed by atoms with Gasteiger partial charge in [-0.3, -0.25) is 0 Å². The second kappa shape index (κ2) is 6.94. The number of benzene rings is 2. The Hall–Kier alpha value is -2.62. The average molecular weight is 351 g/mol. The van der Waals surface area contributed by atoms with Crippen LogP contribution in [0.2, 0.25) is 0 Å². The van der Waals surface area contributed by atoms with E-state index in [9.17, 15) is 5.11 Å². The smallest absolute Gasteiger partial charge is 0.163 e. The van der Waals surface area contributed by atoms with Gasteiger partial charge in [0.1, 0.15) is 5.75 Å². The van der Waals surface area contributed by atoms with E-state index in [1.807, 2.05) is 18.2 Å². The summed E-state index contributed by atoms with van der Waals surface area (Å²) in [5.74, 6) is 2.36. The molecule has 4 rings (SSSR count). The van der Waals surface area contributed by atoms with Crippen molar-refractivity contribution in [3.05, 3.63) is 59.7 Å². The molecule has 4 nitrogen and oxygen atoms in total. The maximum Gasteiger partial charge on any atom is 0.163 e. The molecule has 3 atom stereocenters. The molecule has 0 saturated carbocycles. The number of hydrogen-bond donors (Lipinski definition) is 2. The van der Waals surface area contributed by atoms with Crippen molar-refractivity contribution in [2.24, 2.45) is 5.92 Å². The number of aromatic hydroxyl groups is 1. The minimum absolute atomic E-state index is 0.0417. The molecule has 26 heavy (non-hydrogen) atoms. The summed E-state index contributed by atoms with van der Waals surface area (Å²) in [7, 11) is 1.58. The van der Waals surface area contributed by atoms with Gasteiger partial charge in [0.2, 0.25) is 0 Å². The van der Waals surface area contributed by atoms with Crippen LogP contribution in [0.1, 0.15) is 42.9 Å². The third kappa shape index (κ3) is 2.79. The van der Waals surface area contributed by atoms with E-state index in [2.05, 4.69) is 36.5 Å². The Balaban J connectivity index is 1.72. The predicted octanol–water partition coefficient (Wildman–Crippen LogP) is 5.02. The van der Waals surface area contributed by atoms with Gasteiger partial charge in [-0.15, -0.1) is 0 Å². The number of hydrogen-bond acceptors (Lipinski definition) is 4. The summed E-state index contributed by atoms with van der Waals surface area (Å²) in [6, 6.07) is 12.0. The highest BCUT2D eigenvalue weighted by molar-refractivity contribution is 5.63. The molecule has 136 valence electrons. The van der Waals surface area contributed by atoms with Crippen molar-refractivity contribution in [1.82, 2.24) is 0 Å². The van der Waals surface area contributed by atoms with Crippen molar-refractivity contribution < 1.29 is 14.6 Å². The number of anilines is 1. The maximum atomic E-state index is 10.6. The van der Waals surface area contributed by atoms with Crippen LogP contribution in [-0.4, -0.2) is 18.8 Å². The van der Waals surface area contributed by atoms with Crippen LogP contribution in [0.5, 0.6) is 17.2 Å². The number of fused-ring (bicyclic) bond motifs is 3. The number of rotatable bonds is 5. The summed E-state index contributed by atoms with van der Waals surface area (Å²) in [5.41, 5.74) is 3.27. The lowest BCUT2D eigenvalue weighted by Gasteiger charge is -2.38. The van der Waals surface area contributed by atoms with E-state index >= 15 is 0 Å². The molecule has 0 radical (unpaired) electrons. The monoisotopic (exact) mass is 351 g/mol. The highest BCUT2D eigenvalue weighted by Crippen LogP contribution is 2.52. The average Bonchev–Trinajstić information content (AvgIpc) is 3.16. The standard InChI is InChI=1S/C22H25NO3/c1-3-12-26-14-10-11-19-18(13-14)15-6-4-7-16(15)21(23-19)17-8-5-9-20(25-2)22(17)24/h4-6,8-11,13,15-16,21,23-24H,3,7,12H2,1-2H3. The Kier molecular flexibility index (Phi) is 4.49. The van der Waals surface area contributed by atoms with Crippen LogP contribution in [0.25, 0.3) is 0 Å². The largest absolute Gasteiger partial charge is 0.504 e. The summed E-state index contributed by atoms with van der Waals surface area (Å²) < 4.78 is 11.1. The van der Waals surface area contributed by atoms with E-state index in [0.717, 1.165) is 36.4 Å². The number of phenolic OH excluding ortho intramolecular Hbond substituents is 1. The lowest BCUT2D eigenvalue weighted by molar-refractivity contribution is 0.316.